The third-order valence-electron chi connectivity index (χ3n) is 13.1. The predicted octanol–water partition coefficient (Wildman–Crippen LogP) is 5.74. The summed E-state index contributed by atoms with van der Waals surface area (Å²) in [5.74, 6) is 0.452. The van der Waals surface area contributed by atoms with E-state index in [2.05, 4.69) is 72.4 Å². The summed E-state index contributed by atoms with van der Waals surface area (Å²) in [7, 11) is 1.78. The van der Waals surface area contributed by atoms with Gasteiger partial charge >= 0.3 is 5.69 Å². The molecule has 4 fully saturated rings. The molecule has 0 bridgehead atoms. The molecule has 0 saturated carbocycles. The van der Waals surface area contributed by atoms with Crippen molar-refractivity contribution in [3.8, 4) is 6.07 Å². The summed E-state index contributed by atoms with van der Waals surface area (Å²) >= 11 is 6.50. The van der Waals surface area contributed by atoms with Gasteiger partial charge in [-0.15, -0.1) is 0 Å². The number of H-pyrrole nitrogens is 1. The Hall–Kier alpha value is -5.09. The molecule has 2 N–H and O–H groups in total. The standard InChI is InChI=1S/C44H50ClN9O3/c1-49-42-32(4-2-6-37(42)54(44(49)57)38-13-14-39(55)48-43(38)56)27-51-22-20-50(21-23-51)26-29-15-18-52(19-16-29)34-9-7-30(8-10-34)31-5-3-17-53(28-31)36-12-11-35(45)40-33(24-46)25-47-41(36)40/h2,4,6-12,25,29,31,38,47H,3,5,13-23,26-28H2,1H3,(H,48,55,56)/t31-,38?/m1/s1. The zero-order valence-electron chi connectivity index (χ0n) is 32.6. The number of halogens is 1. The number of nitrogens with one attached hydrogen (secondary N) is 2. The van der Waals surface area contributed by atoms with Crippen LogP contribution in [0.4, 0.5) is 11.4 Å². The Morgan fingerprint density at radius 3 is 2.39 bits per heavy atom. The Labute approximate surface area is 337 Å². The molecule has 2 aromatic heterocycles. The van der Waals surface area contributed by atoms with Crippen molar-refractivity contribution in [1.29, 1.82) is 5.26 Å². The molecular weight excluding hydrogens is 738 g/mol. The number of rotatable bonds is 8. The monoisotopic (exact) mass is 787 g/mol. The lowest BCUT2D eigenvalue weighted by molar-refractivity contribution is -0.135. The molecule has 12 nitrogen and oxygen atoms in total. The fourth-order valence-electron chi connectivity index (χ4n) is 9.96. The van der Waals surface area contributed by atoms with Crippen LogP contribution in [0.1, 0.15) is 67.2 Å². The van der Waals surface area contributed by atoms with Crippen LogP contribution in [-0.2, 0) is 23.2 Å². The molecule has 0 spiro atoms. The average molecular weight is 788 g/mol. The van der Waals surface area contributed by atoms with Crippen molar-refractivity contribution in [2.75, 3.05) is 68.7 Å². The Morgan fingerprint density at radius 1 is 0.860 bits per heavy atom. The number of anilines is 2. The van der Waals surface area contributed by atoms with E-state index < -0.39 is 11.9 Å². The molecule has 0 aliphatic carbocycles. The fraction of sp³-hybridized carbons (Fsp3) is 0.455. The third kappa shape index (κ3) is 7.22. The highest BCUT2D eigenvalue weighted by Crippen LogP contribution is 2.38. The minimum atomic E-state index is -0.676. The number of piperidine rings is 3. The van der Waals surface area contributed by atoms with E-state index in [-0.39, 0.29) is 18.0 Å². The molecular formula is C44H50ClN9O3. The van der Waals surface area contributed by atoms with Crippen LogP contribution in [0.3, 0.4) is 0 Å². The van der Waals surface area contributed by atoms with Gasteiger partial charge in [0, 0.05) is 102 Å². The van der Waals surface area contributed by atoms with E-state index >= 15 is 0 Å². The first-order chi connectivity index (χ1) is 27.7. The molecule has 4 aliphatic heterocycles. The molecule has 1 unspecified atom stereocenters. The van der Waals surface area contributed by atoms with Crippen LogP contribution < -0.4 is 20.8 Å². The number of aromatic amines is 1. The largest absolute Gasteiger partial charge is 0.372 e. The molecule has 2 atom stereocenters. The minimum Gasteiger partial charge on any atom is -0.372 e. The number of benzene rings is 3. The van der Waals surface area contributed by atoms with Gasteiger partial charge in [-0.1, -0.05) is 35.9 Å². The smallest absolute Gasteiger partial charge is 0.329 e. The van der Waals surface area contributed by atoms with Crippen molar-refractivity contribution >= 4 is 56.7 Å². The summed E-state index contributed by atoms with van der Waals surface area (Å²) in [6.07, 6.45) is 7.00. The highest BCUT2D eigenvalue weighted by molar-refractivity contribution is 6.36. The number of fused-ring (bicyclic) bond motifs is 2. The normalized spacial score (nSPS) is 21.7. The lowest BCUT2D eigenvalue weighted by Crippen LogP contribution is -2.48. The second-order valence-corrected chi connectivity index (χ2v) is 16.9. The number of carbonyl (C=O) groups is 2. The highest BCUT2D eigenvalue weighted by atomic mass is 35.5. The first-order valence-electron chi connectivity index (χ1n) is 20.5. The number of piperazine rings is 1. The highest BCUT2D eigenvalue weighted by Gasteiger charge is 2.32. The van der Waals surface area contributed by atoms with Gasteiger partial charge in [-0.25, -0.2) is 4.79 Å². The molecule has 5 aromatic rings. The van der Waals surface area contributed by atoms with Gasteiger partial charge in [0.15, 0.2) is 0 Å². The van der Waals surface area contributed by atoms with E-state index in [1.54, 1.807) is 22.4 Å². The van der Waals surface area contributed by atoms with Crippen molar-refractivity contribution in [3.05, 3.63) is 93.0 Å². The Kier molecular flexibility index (Phi) is 10.3. The second kappa shape index (κ2) is 15.7. The van der Waals surface area contributed by atoms with Crippen LogP contribution in [0.25, 0.3) is 21.9 Å². The van der Waals surface area contributed by atoms with Crippen LogP contribution in [0.15, 0.2) is 65.6 Å². The summed E-state index contributed by atoms with van der Waals surface area (Å²) < 4.78 is 3.23. The summed E-state index contributed by atoms with van der Waals surface area (Å²) in [6, 6.07) is 20.9. The van der Waals surface area contributed by atoms with Crippen molar-refractivity contribution < 1.29 is 9.59 Å². The number of hydrogen-bond donors (Lipinski definition) is 2. The van der Waals surface area contributed by atoms with Gasteiger partial charge in [0.2, 0.25) is 11.8 Å². The van der Waals surface area contributed by atoms with Crippen LogP contribution in [0.5, 0.6) is 0 Å². The number of nitriles is 1. The van der Waals surface area contributed by atoms with Gasteiger partial charge in [0.1, 0.15) is 12.1 Å². The maximum absolute atomic E-state index is 13.4. The van der Waals surface area contributed by atoms with Crippen molar-refractivity contribution in [2.45, 2.75) is 57.0 Å². The van der Waals surface area contributed by atoms with Gasteiger partial charge in [-0.3, -0.25) is 28.9 Å². The molecule has 2 amide bonds. The Bertz CT molecular complexity index is 2410. The molecule has 13 heteroatoms. The zero-order valence-corrected chi connectivity index (χ0v) is 33.3. The summed E-state index contributed by atoms with van der Waals surface area (Å²) in [4.78, 5) is 51.2. The van der Waals surface area contributed by atoms with Gasteiger partial charge in [-0.2, -0.15) is 5.26 Å². The number of aromatic nitrogens is 3. The average Bonchev–Trinajstić information content (AvgIpc) is 3.78. The second-order valence-electron chi connectivity index (χ2n) is 16.5. The van der Waals surface area contributed by atoms with Crippen molar-refractivity contribution in [2.24, 2.45) is 13.0 Å². The summed E-state index contributed by atoms with van der Waals surface area (Å²) in [5, 5.41) is 13.4. The van der Waals surface area contributed by atoms with Gasteiger partial charge < -0.3 is 19.7 Å². The zero-order chi connectivity index (χ0) is 39.2. The number of amides is 2. The van der Waals surface area contributed by atoms with Crippen molar-refractivity contribution in [1.82, 2.24) is 29.2 Å². The number of hydrogen-bond acceptors (Lipinski definition) is 8. The Balaban J connectivity index is 0.761. The number of imidazole rings is 1. The van der Waals surface area contributed by atoms with Crippen LogP contribution >= 0.6 is 11.6 Å². The molecule has 6 heterocycles. The molecule has 4 saturated heterocycles. The quantitative estimate of drug-likeness (QED) is 0.191. The van der Waals surface area contributed by atoms with Crippen LogP contribution in [-0.4, -0.2) is 94.6 Å². The fourth-order valence-corrected chi connectivity index (χ4v) is 10.2. The van der Waals surface area contributed by atoms with Gasteiger partial charge in [0.25, 0.3) is 0 Å². The van der Waals surface area contributed by atoms with E-state index in [9.17, 15) is 19.6 Å². The number of aryl methyl sites for hydroxylation is 1. The van der Waals surface area contributed by atoms with E-state index in [1.165, 1.54) is 24.1 Å². The molecule has 4 aliphatic rings. The van der Waals surface area contributed by atoms with Crippen LogP contribution in [0, 0.1) is 17.2 Å². The van der Waals surface area contributed by atoms with Crippen LogP contribution in [0.2, 0.25) is 5.02 Å². The number of carbonyl (C=O) groups excluding carboxylic acids is 2. The molecule has 0 radical (unpaired) electrons. The van der Waals surface area contributed by atoms with E-state index in [1.807, 2.05) is 18.2 Å². The predicted molar refractivity (Wildman–Crippen MR) is 224 cm³/mol. The van der Waals surface area contributed by atoms with Crippen molar-refractivity contribution in [3.63, 3.8) is 0 Å². The molecule has 9 rings (SSSR count). The van der Waals surface area contributed by atoms with Gasteiger partial charge in [-0.05, 0) is 79.5 Å². The maximum atomic E-state index is 13.4. The number of para-hydroxylation sites is 1. The SMILES string of the molecule is Cn1c(=O)n(C2CCC(=O)NC2=O)c2cccc(CN3CCN(CC4CCN(c5ccc([C@@H]6CCCN(c7ccc(Cl)c8c(C#N)c[nH]c78)C6)cc5)CC4)CC3)c21. The topological polar surface area (TPSA) is 126 Å². The van der Waals surface area contributed by atoms with E-state index in [0.29, 0.717) is 28.8 Å². The lowest BCUT2D eigenvalue weighted by Gasteiger charge is -2.39. The number of imide groups is 1. The van der Waals surface area contributed by atoms with E-state index in [0.717, 1.165) is 111 Å². The third-order valence-corrected chi connectivity index (χ3v) is 13.4. The molecule has 296 valence electrons. The summed E-state index contributed by atoms with van der Waals surface area (Å²) in [5.41, 5.74) is 7.82. The lowest BCUT2D eigenvalue weighted by atomic mass is 9.89. The van der Waals surface area contributed by atoms with E-state index in [4.69, 9.17) is 11.6 Å². The molecule has 57 heavy (non-hydrogen) atoms. The number of nitrogens with zero attached hydrogens (tertiary/aromatic N) is 7. The molecule has 3 aromatic carbocycles. The summed E-state index contributed by atoms with van der Waals surface area (Å²) in [6.45, 7) is 9.97. The minimum absolute atomic E-state index is 0.224. The first kappa shape index (κ1) is 37.5. The first-order valence-corrected chi connectivity index (χ1v) is 20.9. The maximum Gasteiger partial charge on any atom is 0.329 e. The van der Waals surface area contributed by atoms with Gasteiger partial charge in [0.05, 0.1) is 32.8 Å². The Morgan fingerprint density at radius 2 is 1.63 bits per heavy atom.